The Bertz CT molecular complexity index is 254. The SMILES string of the molecule is CCN(C1CCNCC1)C(C)(COC)C(=O)O. The van der Waals surface area contributed by atoms with E-state index < -0.39 is 11.5 Å². The van der Waals surface area contributed by atoms with Crippen LogP contribution < -0.4 is 5.32 Å². The van der Waals surface area contributed by atoms with Gasteiger partial charge in [-0.15, -0.1) is 0 Å². The van der Waals surface area contributed by atoms with E-state index in [1.807, 2.05) is 6.92 Å². The lowest BCUT2D eigenvalue weighted by molar-refractivity contribution is -0.157. The van der Waals surface area contributed by atoms with E-state index >= 15 is 0 Å². The number of carbonyl (C=O) groups is 1. The van der Waals surface area contributed by atoms with E-state index in [0.29, 0.717) is 6.04 Å². The number of likely N-dealkylation sites (N-methyl/N-ethyl adjacent to an activating group) is 1. The molecule has 0 aromatic rings. The van der Waals surface area contributed by atoms with Gasteiger partial charge < -0.3 is 15.2 Å². The van der Waals surface area contributed by atoms with Crippen molar-refractivity contribution in [3.05, 3.63) is 0 Å². The van der Waals surface area contributed by atoms with Crippen molar-refractivity contribution in [1.82, 2.24) is 10.2 Å². The monoisotopic (exact) mass is 244 g/mol. The number of piperidine rings is 1. The fraction of sp³-hybridized carbons (Fsp3) is 0.917. The predicted octanol–water partition coefficient (Wildman–Crippen LogP) is 0.550. The second-order valence-electron chi connectivity index (χ2n) is 4.78. The number of nitrogens with zero attached hydrogens (tertiary/aromatic N) is 1. The third kappa shape index (κ3) is 3.18. The summed E-state index contributed by atoms with van der Waals surface area (Å²) in [6.45, 7) is 6.65. The Morgan fingerprint density at radius 1 is 1.53 bits per heavy atom. The molecule has 0 aliphatic carbocycles. The van der Waals surface area contributed by atoms with Crippen LogP contribution >= 0.6 is 0 Å². The predicted molar refractivity (Wildman–Crippen MR) is 66.2 cm³/mol. The minimum absolute atomic E-state index is 0.222. The molecule has 0 aromatic carbocycles. The lowest BCUT2D eigenvalue weighted by Gasteiger charge is -2.43. The van der Waals surface area contributed by atoms with Crippen LogP contribution in [0.3, 0.4) is 0 Å². The maximum Gasteiger partial charge on any atom is 0.326 e. The molecular formula is C12H24N2O3. The maximum atomic E-state index is 11.5. The maximum absolute atomic E-state index is 11.5. The van der Waals surface area contributed by atoms with Crippen molar-refractivity contribution in [3.63, 3.8) is 0 Å². The molecule has 1 unspecified atom stereocenters. The molecule has 0 bridgehead atoms. The average molecular weight is 244 g/mol. The van der Waals surface area contributed by atoms with Gasteiger partial charge in [0.2, 0.25) is 0 Å². The summed E-state index contributed by atoms with van der Waals surface area (Å²) in [7, 11) is 1.55. The first-order valence-corrected chi connectivity index (χ1v) is 6.26. The zero-order valence-corrected chi connectivity index (χ0v) is 11.0. The first kappa shape index (κ1) is 14.4. The molecule has 100 valence electrons. The lowest BCUT2D eigenvalue weighted by Crippen LogP contribution is -2.60. The molecule has 1 rings (SSSR count). The van der Waals surface area contributed by atoms with Crippen LogP contribution in [-0.4, -0.2) is 60.9 Å². The van der Waals surface area contributed by atoms with Crippen molar-refractivity contribution in [2.24, 2.45) is 0 Å². The molecule has 1 aliphatic heterocycles. The molecule has 0 radical (unpaired) electrons. The van der Waals surface area contributed by atoms with E-state index in [2.05, 4.69) is 10.2 Å². The Balaban J connectivity index is 2.83. The van der Waals surface area contributed by atoms with E-state index in [-0.39, 0.29) is 6.61 Å². The molecule has 0 spiro atoms. The van der Waals surface area contributed by atoms with E-state index in [0.717, 1.165) is 32.5 Å². The van der Waals surface area contributed by atoms with Crippen LogP contribution in [-0.2, 0) is 9.53 Å². The Morgan fingerprint density at radius 3 is 2.53 bits per heavy atom. The van der Waals surface area contributed by atoms with Crippen molar-refractivity contribution in [3.8, 4) is 0 Å². The number of nitrogens with one attached hydrogen (secondary N) is 1. The van der Waals surface area contributed by atoms with Crippen molar-refractivity contribution in [2.45, 2.75) is 38.3 Å². The van der Waals surface area contributed by atoms with Crippen molar-refractivity contribution < 1.29 is 14.6 Å². The van der Waals surface area contributed by atoms with E-state index in [1.54, 1.807) is 14.0 Å². The topological polar surface area (TPSA) is 61.8 Å². The largest absolute Gasteiger partial charge is 0.480 e. The standard InChI is InChI=1S/C12H24N2O3/c1-4-14(10-5-7-13-8-6-10)12(2,9-17-3)11(15)16/h10,13H,4-9H2,1-3H3,(H,15,16). The summed E-state index contributed by atoms with van der Waals surface area (Å²) in [4.78, 5) is 13.6. The lowest BCUT2D eigenvalue weighted by atomic mass is 9.94. The van der Waals surface area contributed by atoms with Gasteiger partial charge in [-0.2, -0.15) is 0 Å². The number of ether oxygens (including phenoxy) is 1. The average Bonchev–Trinajstić information content (AvgIpc) is 2.31. The smallest absolute Gasteiger partial charge is 0.326 e. The van der Waals surface area contributed by atoms with Gasteiger partial charge in [0.15, 0.2) is 0 Å². The molecule has 1 saturated heterocycles. The van der Waals surface area contributed by atoms with Gasteiger partial charge in [0, 0.05) is 13.2 Å². The van der Waals surface area contributed by atoms with Crippen LogP contribution in [0.15, 0.2) is 0 Å². The normalized spacial score (nSPS) is 21.4. The molecule has 2 N–H and O–H groups in total. The number of hydrogen-bond acceptors (Lipinski definition) is 4. The Morgan fingerprint density at radius 2 is 2.12 bits per heavy atom. The van der Waals surface area contributed by atoms with Gasteiger partial charge in [0.25, 0.3) is 0 Å². The molecule has 0 aromatic heterocycles. The summed E-state index contributed by atoms with van der Waals surface area (Å²) in [6.07, 6.45) is 2.00. The molecule has 5 nitrogen and oxygen atoms in total. The summed E-state index contributed by atoms with van der Waals surface area (Å²) < 4.78 is 5.10. The Labute approximate surface area is 103 Å². The summed E-state index contributed by atoms with van der Waals surface area (Å²) in [5.74, 6) is -0.806. The van der Waals surface area contributed by atoms with Gasteiger partial charge >= 0.3 is 5.97 Å². The van der Waals surface area contributed by atoms with E-state index in [1.165, 1.54) is 0 Å². The zero-order chi connectivity index (χ0) is 12.9. The summed E-state index contributed by atoms with van der Waals surface area (Å²) in [6, 6.07) is 0.331. The van der Waals surface area contributed by atoms with Crippen LogP contribution in [0.5, 0.6) is 0 Å². The van der Waals surface area contributed by atoms with Crippen molar-refractivity contribution in [1.29, 1.82) is 0 Å². The molecule has 0 amide bonds. The summed E-state index contributed by atoms with van der Waals surface area (Å²) in [5, 5.41) is 12.8. The highest BCUT2D eigenvalue weighted by Crippen LogP contribution is 2.23. The number of rotatable bonds is 6. The van der Waals surface area contributed by atoms with Crippen molar-refractivity contribution in [2.75, 3.05) is 33.4 Å². The first-order chi connectivity index (χ1) is 8.06. The van der Waals surface area contributed by atoms with Gasteiger partial charge in [-0.1, -0.05) is 6.92 Å². The highest BCUT2D eigenvalue weighted by atomic mass is 16.5. The molecule has 1 aliphatic rings. The minimum Gasteiger partial charge on any atom is -0.480 e. The number of hydrogen-bond donors (Lipinski definition) is 2. The second-order valence-corrected chi connectivity index (χ2v) is 4.78. The van der Waals surface area contributed by atoms with Crippen molar-refractivity contribution >= 4 is 5.97 Å². The van der Waals surface area contributed by atoms with Gasteiger partial charge in [-0.05, 0) is 39.4 Å². The number of carboxylic acids is 1. The van der Waals surface area contributed by atoms with Crippen LogP contribution in [0, 0.1) is 0 Å². The van der Waals surface area contributed by atoms with E-state index in [4.69, 9.17) is 4.74 Å². The van der Waals surface area contributed by atoms with Gasteiger partial charge in [0.1, 0.15) is 5.54 Å². The number of carboxylic acid groups (broad SMARTS) is 1. The summed E-state index contributed by atoms with van der Waals surface area (Å²) in [5.41, 5.74) is -0.925. The Hall–Kier alpha value is -0.650. The Kier molecular flexibility index (Phi) is 5.36. The van der Waals surface area contributed by atoms with Crippen LogP contribution in [0.25, 0.3) is 0 Å². The second kappa shape index (κ2) is 6.33. The van der Waals surface area contributed by atoms with Gasteiger partial charge in [-0.3, -0.25) is 9.69 Å². The number of aliphatic carboxylic acids is 1. The molecule has 17 heavy (non-hydrogen) atoms. The third-order valence-corrected chi connectivity index (χ3v) is 3.61. The fourth-order valence-electron chi connectivity index (χ4n) is 2.68. The molecule has 1 fully saturated rings. The van der Waals surface area contributed by atoms with Crippen LogP contribution in [0.1, 0.15) is 26.7 Å². The van der Waals surface area contributed by atoms with Gasteiger partial charge in [0.05, 0.1) is 6.61 Å². The van der Waals surface area contributed by atoms with Gasteiger partial charge in [-0.25, -0.2) is 0 Å². The molecule has 1 heterocycles. The van der Waals surface area contributed by atoms with E-state index in [9.17, 15) is 9.90 Å². The fourth-order valence-corrected chi connectivity index (χ4v) is 2.68. The summed E-state index contributed by atoms with van der Waals surface area (Å²) >= 11 is 0. The minimum atomic E-state index is -0.925. The zero-order valence-electron chi connectivity index (χ0n) is 11.0. The third-order valence-electron chi connectivity index (χ3n) is 3.61. The molecule has 0 saturated carbocycles. The first-order valence-electron chi connectivity index (χ1n) is 6.26. The highest BCUT2D eigenvalue weighted by Gasteiger charge is 2.42. The quantitative estimate of drug-likeness (QED) is 0.714. The molecular weight excluding hydrogens is 220 g/mol. The highest BCUT2D eigenvalue weighted by molar-refractivity contribution is 5.78. The van der Waals surface area contributed by atoms with Crippen LogP contribution in [0.4, 0.5) is 0 Å². The van der Waals surface area contributed by atoms with Crippen LogP contribution in [0.2, 0.25) is 0 Å². The molecule has 1 atom stereocenters. The number of methoxy groups -OCH3 is 1. The molecule has 5 heteroatoms.